The molecule has 1 aromatic rings. The molecular formula is C10H15N3O2S. The summed E-state index contributed by atoms with van der Waals surface area (Å²) in [6, 6.07) is 3.96. The molecule has 0 spiro atoms. The summed E-state index contributed by atoms with van der Waals surface area (Å²) >= 11 is 0. The number of pyridine rings is 1. The number of rotatable bonds is 3. The van der Waals surface area contributed by atoms with Crippen molar-refractivity contribution in [2.45, 2.75) is 12.5 Å². The van der Waals surface area contributed by atoms with Crippen LogP contribution in [-0.2, 0) is 10.0 Å². The third kappa shape index (κ3) is 2.70. The number of sulfonamides is 1. The SMILES string of the molecule is CS(=O)(=O)N1CCC(Nc2cccnc2)C1. The van der Waals surface area contributed by atoms with Crippen LogP contribution in [0.4, 0.5) is 5.69 Å². The van der Waals surface area contributed by atoms with Crippen molar-refractivity contribution in [3.05, 3.63) is 24.5 Å². The lowest BCUT2D eigenvalue weighted by molar-refractivity contribution is 0.480. The summed E-state index contributed by atoms with van der Waals surface area (Å²) in [5.74, 6) is 0. The Hall–Kier alpha value is -1.14. The molecule has 2 rings (SSSR count). The lowest BCUT2D eigenvalue weighted by Crippen LogP contribution is -2.30. The van der Waals surface area contributed by atoms with Crippen LogP contribution in [-0.4, -0.2) is 43.1 Å². The van der Waals surface area contributed by atoms with E-state index < -0.39 is 10.0 Å². The van der Waals surface area contributed by atoms with Gasteiger partial charge in [-0.3, -0.25) is 4.98 Å². The fourth-order valence-electron chi connectivity index (χ4n) is 1.83. The van der Waals surface area contributed by atoms with Gasteiger partial charge in [-0.25, -0.2) is 12.7 Å². The van der Waals surface area contributed by atoms with Crippen LogP contribution in [0.15, 0.2) is 24.5 Å². The zero-order valence-corrected chi connectivity index (χ0v) is 9.94. The van der Waals surface area contributed by atoms with Gasteiger partial charge in [-0.1, -0.05) is 0 Å². The van der Waals surface area contributed by atoms with Crippen molar-refractivity contribution < 1.29 is 8.42 Å². The van der Waals surface area contributed by atoms with Gasteiger partial charge < -0.3 is 5.32 Å². The van der Waals surface area contributed by atoms with Gasteiger partial charge in [0.2, 0.25) is 10.0 Å². The molecule has 88 valence electrons. The van der Waals surface area contributed by atoms with Crippen LogP contribution in [0, 0.1) is 0 Å². The molecule has 0 bridgehead atoms. The van der Waals surface area contributed by atoms with Crippen LogP contribution >= 0.6 is 0 Å². The van der Waals surface area contributed by atoms with E-state index >= 15 is 0 Å². The Balaban J connectivity index is 1.96. The molecule has 5 nitrogen and oxygen atoms in total. The number of anilines is 1. The van der Waals surface area contributed by atoms with Crippen molar-refractivity contribution in [1.82, 2.24) is 9.29 Å². The Bertz CT molecular complexity index is 446. The van der Waals surface area contributed by atoms with Gasteiger partial charge in [0.25, 0.3) is 0 Å². The second-order valence-electron chi connectivity index (χ2n) is 3.99. The maximum Gasteiger partial charge on any atom is 0.211 e. The van der Waals surface area contributed by atoms with Crippen LogP contribution in [0.1, 0.15) is 6.42 Å². The van der Waals surface area contributed by atoms with Crippen LogP contribution < -0.4 is 5.32 Å². The number of nitrogens with one attached hydrogen (secondary N) is 1. The molecule has 0 amide bonds. The second kappa shape index (κ2) is 4.39. The van der Waals surface area contributed by atoms with Crippen molar-refractivity contribution in [1.29, 1.82) is 0 Å². The summed E-state index contributed by atoms with van der Waals surface area (Å²) in [5.41, 5.74) is 0.933. The first kappa shape index (κ1) is 11.3. The third-order valence-electron chi connectivity index (χ3n) is 2.65. The van der Waals surface area contributed by atoms with E-state index in [1.54, 1.807) is 12.4 Å². The normalized spacial score (nSPS) is 22.2. The van der Waals surface area contributed by atoms with E-state index in [1.165, 1.54) is 10.6 Å². The van der Waals surface area contributed by atoms with Crippen molar-refractivity contribution >= 4 is 15.7 Å². The Morgan fingerprint density at radius 2 is 2.38 bits per heavy atom. The van der Waals surface area contributed by atoms with Gasteiger partial charge >= 0.3 is 0 Å². The zero-order chi connectivity index (χ0) is 11.6. The lowest BCUT2D eigenvalue weighted by atomic mass is 10.2. The Kier molecular flexibility index (Phi) is 3.11. The number of aromatic nitrogens is 1. The van der Waals surface area contributed by atoms with Crippen LogP contribution in [0.5, 0.6) is 0 Å². The minimum Gasteiger partial charge on any atom is -0.380 e. The maximum absolute atomic E-state index is 11.3. The predicted molar refractivity (Wildman–Crippen MR) is 62.7 cm³/mol. The molecule has 6 heteroatoms. The molecule has 1 saturated heterocycles. The summed E-state index contributed by atoms with van der Waals surface area (Å²) in [7, 11) is -3.05. The molecule has 1 atom stereocenters. The third-order valence-corrected chi connectivity index (χ3v) is 3.92. The number of hydrogen-bond donors (Lipinski definition) is 1. The molecule has 1 aromatic heterocycles. The first-order chi connectivity index (χ1) is 7.55. The monoisotopic (exact) mass is 241 g/mol. The first-order valence-electron chi connectivity index (χ1n) is 5.17. The van der Waals surface area contributed by atoms with E-state index in [0.717, 1.165) is 12.1 Å². The minimum absolute atomic E-state index is 0.180. The average Bonchev–Trinajstić information content (AvgIpc) is 2.67. The summed E-state index contributed by atoms with van der Waals surface area (Å²) in [4.78, 5) is 4.00. The first-order valence-corrected chi connectivity index (χ1v) is 7.02. The van der Waals surface area contributed by atoms with E-state index in [9.17, 15) is 8.42 Å². The van der Waals surface area contributed by atoms with Crippen molar-refractivity contribution in [3.63, 3.8) is 0 Å². The van der Waals surface area contributed by atoms with Crippen molar-refractivity contribution in [2.24, 2.45) is 0 Å². The molecule has 1 aliphatic rings. The Labute approximate surface area is 95.5 Å². The topological polar surface area (TPSA) is 62.3 Å². The van der Waals surface area contributed by atoms with Crippen molar-refractivity contribution in [3.8, 4) is 0 Å². The predicted octanol–water partition coefficient (Wildman–Crippen LogP) is 0.527. The van der Waals surface area contributed by atoms with E-state index in [2.05, 4.69) is 10.3 Å². The highest BCUT2D eigenvalue weighted by molar-refractivity contribution is 7.88. The molecule has 1 aliphatic heterocycles. The average molecular weight is 241 g/mol. The molecule has 0 radical (unpaired) electrons. The fourth-order valence-corrected chi connectivity index (χ4v) is 2.72. The van der Waals surface area contributed by atoms with E-state index in [0.29, 0.717) is 13.1 Å². The van der Waals surface area contributed by atoms with Gasteiger partial charge in [0.1, 0.15) is 0 Å². The molecule has 1 N–H and O–H groups in total. The summed E-state index contributed by atoms with van der Waals surface area (Å²) in [5, 5.41) is 3.27. The van der Waals surface area contributed by atoms with Crippen LogP contribution in [0.25, 0.3) is 0 Å². The quantitative estimate of drug-likeness (QED) is 0.838. The molecule has 1 fully saturated rings. The van der Waals surface area contributed by atoms with Crippen LogP contribution in [0.3, 0.4) is 0 Å². The van der Waals surface area contributed by atoms with Gasteiger partial charge in [0.15, 0.2) is 0 Å². The van der Waals surface area contributed by atoms with E-state index in [1.807, 2.05) is 12.1 Å². The van der Waals surface area contributed by atoms with Gasteiger partial charge in [0.05, 0.1) is 11.9 Å². The van der Waals surface area contributed by atoms with Gasteiger partial charge in [0, 0.05) is 31.5 Å². The second-order valence-corrected chi connectivity index (χ2v) is 5.98. The van der Waals surface area contributed by atoms with Gasteiger partial charge in [-0.15, -0.1) is 0 Å². The highest BCUT2D eigenvalue weighted by Crippen LogP contribution is 2.16. The Morgan fingerprint density at radius 3 is 2.94 bits per heavy atom. The van der Waals surface area contributed by atoms with Crippen LogP contribution in [0.2, 0.25) is 0 Å². The number of hydrogen-bond acceptors (Lipinski definition) is 4. The van der Waals surface area contributed by atoms with E-state index in [4.69, 9.17) is 0 Å². The summed E-state index contributed by atoms with van der Waals surface area (Å²) < 4.78 is 24.1. The zero-order valence-electron chi connectivity index (χ0n) is 9.13. The Morgan fingerprint density at radius 1 is 1.56 bits per heavy atom. The van der Waals surface area contributed by atoms with E-state index in [-0.39, 0.29) is 6.04 Å². The van der Waals surface area contributed by atoms with Gasteiger partial charge in [-0.2, -0.15) is 0 Å². The molecule has 1 unspecified atom stereocenters. The smallest absolute Gasteiger partial charge is 0.211 e. The molecular weight excluding hydrogens is 226 g/mol. The maximum atomic E-state index is 11.3. The molecule has 16 heavy (non-hydrogen) atoms. The molecule has 2 heterocycles. The molecule has 0 saturated carbocycles. The van der Waals surface area contributed by atoms with Gasteiger partial charge in [-0.05, 0) is 18.6 Å². The lowest BCUT2D eigenvalue weighted by Gasteiger charge is -2.15. The molecule has 0 aromatic carbocycles. The highest BCUT2D eigenvalue weighted by atomic mass is 32.2. The molecule has 0 aliphatic carbocycles. The fraction of sp³-hybridized carbons (Fsp3) is 0.500. The summed E-state index contributed by atoms with van der Waals surface area (Å²) in [6.45, 7) is 1.13. The highest BCUT2D eigenvalue weighted by Gasteiger charge is 2.28. The summed E-state index contributed by atoms with van der Waals surface area (Å²) in [6.07, 6.45) is 5.53. The standard InChI is InChI=1S/C10H15N3O2S/c1-16(14,15)13-6-4-10(8-13)12-9-3-2-5-11-7-9/h2-3,5,7,10,12H,4,6,8H2,1H3. The minimum atomic E-state index is -3.05. The largest absolute Gasteiger partial charge is 0.380 e. The van der Waals surface area contributed by atoms with Crippen molar-refractivity contribution in [2.75, 3.05) is 24.7 Å². The number of nitrogens with zero attached hydrogens (tertiary/aromatic N) is 2.